The number of carbonyl (C=O) groups is 2. The molecule has 0 fully saturated rings. The number of hydrogen-bond acceptors (Lipinski definition) is 6. The van der Waals surface area contributed by atoms with Crippen molar-refractivity contribution in [2.45, 2.75) is 195 Å². The Bertz CT molecular complexity index is 658. The lowest BCUT2D eigenvalue weighted by Crippen LogP contribution is -2.28. The van der Waals surface area contributed by atoms with Gasteiger partial charge in [-0.3, -0.25) is 9.59 Å². The first kappa shape index (κ1) is 44.9. The molecule has 0 spiro atoms. The van der Waals surface area contributed by atoms with Crippen LogP contribution in [0.25, 0.3) is 0 Å². The lowest BCUT2D eigenvalue weighted by atomic mass is 9.95. The molecule has 0 amide bonds. The molecule has 0 bridgehead atoms. The quantitative estimate of drug-likeness (QED) is 0.0536. The predicted molar refractivity (Wildman–Crippen MR) is 195 cm³/mol. The van der Waals surface area contributed by atoms with E-state index < -0.39 is 0 Å². The minimum atomic E-state index is 0.0327. The van der Waals surface area contributed by atoms with Gasteiger partial charge in [0.1, 0.15) is 0 Å². The zero-order valence-electron chi connectivity index (χ0n) is 31.3. The van der Waals surface area contributed by atoms with E-state index in [0.717, 1.165) is 129 Å². The Labute approximate surface area is 286 Å². The van der Waals surface area contributed by atoms with E-state index in [4.69, 9.17) is 9.47 Å². The van der Waals surface area contributed by atoms with Gasteiger partial charge in [-0.15, -0.1) is 0 Å². The van der Waals surface area contributed by atoms with Crippen LogP contribution in [0.3, 0.4) is 0 Å². The van der Waals surface area contributed by atoms with Gasteiger partial charge in [0.05, 0.1) is 25.0 Å². The Morgan fingerprint density at radius 3 is 1.22 bits per heavy atom. The summed E-state index contributed by atoms with van der Waals surface area (Å²) in [6, 6.07) is 0. The molecule has 0 heterocycles. The smallest absolute Gasteiger partial charge is 0.308 e. The molecule has 0 saturated heterocycles. The summed E-state index contributed by atoms with van der Waals surface area (Å²) in [5, 5.41) is 9.36. The molecule has 2 atom stereocenters. The minimum Gasteiger partial charge on any atom is -0.465 e. The van der Waals surface area contributed by atoms with Crippen LogP contribution < -0.4 is 0 Å². The number of carbonyl (C=O) groups excluding carboxylic acids is 2. The van der Waals surface area contributed by atoms with Crippen molar-refractivity contribution in [3.8, 4) is 0 Å². The molecule has 0 aromatic heterocycles. The molecule has 0 aromatic rings. The molecular weight excluding hydrogens is 574 g/mol. The van der Waals surface area contributed by atoms with Crippen LogP contribution in [0.1, 0.15) is 195 Å². The molecular formula is C40H79NO5. The Morgan fingerprint density at radius 1 is 0.457 bits per heavy atom. The highest BCUT2D eigenvalue weighted by molar-refractivity contribution is 5.72. The third kappa shape index (κ3) is 27.9. The van der Waals surface area contributed by atoms with Gasteiger partial charge in [0.15, 0.2) is 0 Å². The van der Waals surface area contributed by atoms with Crippen molar-refractivity contribution in [1.82, 2.24) is 4.90 Å². The molecule has 0 aliphatic carbocycles. The summed E-state index contributed by atoms with van der Waals surface area (Å²) in [6.07, 6.45) is 28.9. The number of unbranched alkanes of at least 4 members (excludes halogenated alkanes) is 15. The fourth-order valence-electron chi connectivity index (χ4n) is 6.27. The normalized spacial score (nSPS) is 12.8. The Balaban J connectivity index is 4.08. The molecule has 6 nitrogen and oxygen atoms in total. The van der Waals surface area contributed by atoms with Crippen molar-refractivity contribution in [2.75, 3.05) is 39.5 Å². The van der Waals surface area contributed by atoms with Crippen molar-refractivity contribution in [2.24, 2.45) is 11.8 Å². The molecule has 1 N–H and O–H groups in total. The maximum atomic E-state index is 12.7. The second-order valence-electron chi connectivity index (χ2n) is 13.8. The maximum absolute atomic E-state index is 12.7. The van der Waals surface area contributed by atoms with E-state index in [9.17, 15) is 14.7 Å². The van der Waals surface area contributed by atoms with E-state index >= 15 is 0 Å². The molecule has 0 radical (unpaired) electrons. The lowest BCUT2D eigenvalue weighted by Gasteiger charge is -2.22. The Kier molecular flexibility index (Phi) is 34.3. The highest BCUT2D eigenvalue weighted by Crippen LogP contribution is 2.21. The van der Waals surface area contributed by atoms with Gasteiger partial charge < -0.3 is 19.5 Å². The molecule has 2 unspecified atom stereocenters. The largest absolute Gasteiger partial charge is 0.465 e. The topological polar surface area (TPSA) is 76.1 Å². The van der Waals surface area contributed by atoms with Crippen molar-refractivity contribution >= 4 is 11.9 Å². The number of aliphatic hydroxyl groups excluding tert-OH is 1. The van der Waals surface area contributed by atoms with Crippen LogP contribution in [0, 0.1) is 11.8 Å². The summed E-state index contributed by atoms with van der Waals surface area (Å²) in [5.41, 5.74) is 0. The predicted octanol–water partition coefficient (Wildman–Crippen LogP) is 10.8. The average molecular weight is 654 g/mol. The lowest BCUT2D eigenvalue weighted by molar-refractivity contribution is -0.150. The number of hydrogen-bond donors (Lipinski definition) is 1. The van der Waals surface area contributed by atoms with Crippen LogP contribution in [-0.4, -0.2) is 61.4 Å². The van der Waals surface area contributed by atoms with E-state index in [1.54, 1.807) is 0 Å². The van der Waals surface area contributed by atoms with E-state index in [1.807, 2.05) is 0 Å². The monoisotopic (exact) mass is 654 g/mol. The summed E-state index contributed by atoms with van der Waals surface area (Å²) in [7, 11) is 0. The van der Waals surface area contributed by atoms with Gasteiger partial charge >= 0.3 is 11.9 Å². The third-order valence-corrected chi connectivity index (χ3v) is 9.40. The first-order valence-electron chi connectivity index (χ1n) is 20.2. The van der Waals surface area contributed by atoms with Gasteiger partial charge in [0.2, 0.25) is 0 Å². The van der Waals surface area contributed by atoms with Crippen molar-refractivity contribution in [1.29, 1.82) is 0 Å². The molecule has 0 aliphatic heterocycles. The second kappa shape index (κ2) is 35.2. The Hall–Kier alpha value is -1.14. The standard InChI is InChI=1S/C40H79NO5/c1-5-9-13-20-29-37(27-11-7-3)39(43)45-35-24-18-15-16-22-31-41(33-26-34-42)32-23-17-19-25-36-46-40(44)38(28-12-8-4)30-21-14-10-6-2/h37-38,42H,5-36H2,1-4H3. The summed E-state index contributed by atoms with van der Waals surface area (Å²) >= 11 is 0. The SMILES string of the molecule is CCCCCCC(CCCC)C(=O)OCCCCCCCN(CCCO)CCCCCCOC(=O)C(CCCC)CCCCCC. The number of aliphatic hydroxyl groups is 1. The van der Waals surface area contributed by atoms with Gasteiger partial charge in [0.25, 0.3) is 0 Å². The van der Waals surface area contributed by atoms with Crippen LogP contribution in [0.5, 0.6) is 0 Å². The summed E-state index contributed by atoms with van der Waals surface area (Å²) in [5.74, 6) is 0.254. The maximum Gasteiger partial charge on any atom is 0.308 e. The molecule has 0 aliphatic rings. The van der Waals surface area contributed by atoms with E-state index in [2.05, 4.69) is 32.6 Å². The first-order chi connectivity index (χ1) is 22.5. The summed E-state index contributed by atoms with van der Waals surface area (Å²) in [4.78, 5) is 27.8. The van der Waals surface area contributed by atoms with Crippen molar-refractivity contribution in [3.05, 3.63) is 0 Å². The molecule has 0 aromatic carbocycles. The van der Waals surface area contributed by atoms with Crippen molar-refractivity contribution < 1.29 is 24.2 Å². The van der Waals surface area contributed by atoms with E-state index in [0.29, 0.717) is 13.2 Å². The average Bonchev–Trinajstić information content (AvgIpc) is 3.06. The van der Waals surface area contributed by atoms with Gasteiger partial charge in [0, 0.05) is 13.2 Å². The van der Waals surface area contributed by atoms with Crippen LogP contribution in [-0.2, 0) is 19.1 Å². The van der Waals surface area contributed by atoms with E-state index in [-0.39, 0.29) is 30.4 Å². The molecule has 46 heavy (non-hydrogen) atoms. The van der Waals surface area contributed by atoms with Gasteiger partial charge in [-0.2, -0.15) is 0 Å². The van der Waals surface area contributed by atoms with Crippen LogP contribution in [0.15, 0.2) is 0 Å². The fraction of sp³-hybridized carbons (Fsp3) is 0.950. The highest BCUT2D eigenvalue weighted by atomic mass is 16.5. The second-order valence-corrected chi connectivity index (χ2v) is 13.8. The minimum absolute atomic E-state index is 0.0327. The summed E-state index contributed by atoms with van der Waals surface area (Å²) < 4.78 is 11.4. The number of nitrogens with zero attached hydrogens (tertiary/aromatic N) is 1. The summed E-state index contributed by atoms with van der Waals surface area (Å²) in [6.45, 7) is 13.3. The van der Waals surface area contributed by atoms with Gasteiger partial charge in [-0.25, -0.2) is 0 Å². The molecule has 0 rings (SSSR count). The zero-order valence-corrected chi connectivity index (χ0v) is 31.3. The first-order valence-corrected chi connectivity index (χ1v) is 20.2. The number of esters is 2. The van der Waals surface area contributed by atoms with Crippen LogP contribution in [0.4, 0.5) is 0 Å². The third-order valence-electron chi connectivity index (χ3n) is 9.40. The van der Waals surface area contributed by atoms with Crippen molar-refractivity contribution in [3.63, 3.8) is 0 Å². The number of rotatable bonds is 36. The number of ether oxygens (including phenoxy) is 2. The molecule has 274 valence electrons. The Morgan fingerprint density at radius 2 is 0.804 bits per heavy atom. The van der Waals surface area contributed by atoms with Gasteiger partial charge in [-0.1, -0.05) is 137 Å². The van der Waals surface area contributed by atoms with E-state index in [1.165, 1.54) is 57.8 Å². The molecule has 6 heteroatoms. The zero-order chi connectivity index (χ0) is 33.9. The van der Waals surface area contributed by atoms with Crippen LogP contribution >= 0.6 is 0 Å². The highest BCUT2D eigenvalue weighted by Gasteiger charge is 2.20. The van der Waals surface area contributed by atoms with Gasteiger partial charge in [-0.05, 0) is 70.9 Å². The molecule has 0 saturated carbocycles. The van der Waals surface area contributed by atoms with Crippen LogP contribution in [0.2, 0.25) is 0 Å². The fourth-order valence-corrected chi connectivity index (χ4v) is 6.27.